The third-order valence-corrected chi connectivity index (χ3v) is 18.1. The van der Waals surface area contributed by atoms with E-state index < -0.39 is 33.4 Å². The van der Waals surface area contributed by atoms with Crippen LogP contribution in [-0.2, 0) is 28.6 Å². The average molecular weight is 910 g/mol. The molecule has 0 aromatic heterocycles. The number of rotatable bonds is 28. The topological polar surface area (TPSA) is 139 Å². The largest absolute Gasteiger partial charge is 0.375 e. The van der Waals surface area contributed by atoms with Crippen LogP contribution in [0.2, 0.25) is 0 Å². The Morgan fingerprint density at radius 3 is 1.57 bits per heavy atom. The molecule has 0 aliphatic carbocycles. The first-order valence-corrected chi connectivity index (χ1v) is 26.3. The quantitative estimate of drug-likeness (QED) is 0.0297. The molecule has 2 heterocycles. The lowest BCUT2D eigenvalue weighted by Crippen LogP contribution is -2.69. The summed E-state index contributed by atoms with van der Waals surface area (Å²) in [4.78, 5) is 43.2. The van der Waals surface area contributed by atoms with E-state index in [-0.39, 0.29) is 53.2 Å². The van der Waals surface area contributed by atoms with Crippen LogP contribution < -0.4 is 26.6 Å². The molecule has 3 amide bonds. The third kappa shape index (κ3) is 16.7. The van der Waals surface area contributed by atoms with Crippen molar-refractivity contribution < 1.29 is 28.6 Å². The van der Waals surface area contributed by atoms with Gasteiger partial charge in [-0.15, -0.1) is 8.58 Å². The van der Waals surface area contributed by atoms with Crippen molar-refractivity contribution in [3.63, 3.8) is 0 Å². The molecule has 0 saturated carbocycles. The van der Waals surface area contributed by atoms with E-state index in [0.29, 0.717) is 34.3 Å². The van der Waals surface area contributed by atoms with Gasteiger partial charge in [-0.1, -0.05) is 46.5 Å². The molecule has 12 heteroatoms. The fourth-order valence-electron chi connectivity index (χ4n) is 11.6. The number of fused-ring (bicyclic) bond motifs is 2. The van der Waals surface area contributed by atoms with Gasteiger partial charge in [0.15, 0.2) is 0 Å². The molecule has 2 aliphatic heterocycles. The van der Waals surface area contributed by atoms with Crippen LogP contribution in [0, 0.1) is 11.8 Å². The molecule has 0 aromatic carbocycles. The predicted octanol–water partition coefficient (Wildman–Crippen LogP) is 9.93. The van der Waals surface area contributed by atoms with Crippen molar-refractivity contribution in [2.75, 3.05) is 40.1 Å². The first kappa shape index (κ1) is 57.8. The number of hydrogen-bond acceptors (Lipinski definition) is 8. The lowest BCUT2D eigenvalue weighted by Gasteiger charge is -2.63. The van der Waals surface area contributed by atoms with Crippen LogP contribution in [0.4, 0.5) is 0 Å². The fourth-order valence-corrected chi connectivity index (χ4v) is 14.6. The number of nitrogens with one attached hydrogen (secondary N) is 5. The Labute approximate surface area is 388 Å². The van der Waals surface area contributed by atoms with E-state index in [2.05, 4.69) is 68.1 Å². The molecule has 2 fully saturated rings. The summed E-state index contributed by atoms with van der Waals surface area (Å²) in [6, 6.07) is 0. The maximum absolute atomic E-state index is 14.6. The number of ether oxygens (including phenoxy) is 3. The Kier molecular flexibility index (Phi) is 23.0. The van der Waals surface area contributed by atoms with E-state index in [1.54, 1.807) is 0 Å². The first-order valence-electron chi connectivity index (χ1n) is 25.3. The van der Waals surface area contributed by atoms with Crippen LogP contribution in [-0.4, -0.2) is 102 Å². The van der Waals surface area contributed by atoms with Gasteiger partial charge in [-0.25, -0.2) is 0 Å². The van der Waals surface area contributed by atoms with Gasteiger partial charge in [0.1, 0.15) is 0 Å². The normalized spacial score (nSPS) is 25.9. The van der Waals surface area contributed by atoms with Gasteiger partial charge in [0.2, 0.25) is 17.7 Å². The van der Waals surface area contributed by atoms with Gasteiger partial charge in [0.05, 0.1) is 36.1 Å². The average Bonchev–Trinajstić information content (AvgIpc) is 3.16. The Morgan fingerprint density at radius 1 is 0.619 bits per heavy atom. The minimum Gasteiger partial charge on any atom is -0.375 e. The standard InChI is InChI=1S/C51H100N5O6P/c1-17-23-29-49(15,56-43(59)36-46(11,12)62-22-6)51-31-24-30-50(63-51,48(14,28-18-2)55-42(58)35-45(9,10)61-21-5)32-27-39(37-53-38-52-16)25-26-40(33-51)47(13,19-3)54-41(57)34-44(7,8)60-20-4/h39-40,52-53,63H,17-38H2,1-16H3,(H,54,57)(H,55,58)(H,56,59). The molecule has 8 unspecified atom stereocenters. The highest BCUT2D eigenvalue weighted by Gasteiger charge is 2.61. The number of carbonyl (C=O) groups is 3. The minimum absolute atomic E-state index is 0.0186. The Morgan fingerprint density at radius 2 is 1.11 bits per heavy atom. The lowest BCUT2D eigenvalue weighted by molar-refractivity contribution is -0.130. The molecule has 63 heavy (non-hydrogen) atoms. The van der Waals surface area contributed by atoms with Gasteiger partial charge in [-0.3, -0.25) is 14.4 Å². The SMILES string of the molecule is CCCCC(C)(NC(=O)CC(C)(C)OCC)C12CCCC(C(C)(CCC)NC(=O)CC(C)(C)OCC)(CCC(CNCNC)CCC(C(C)(CC)NC(=O)CC(C)(C)OCC)C1)P2. The van der Waals surface area contributed by atoms with Crippen molar-refractivity contribution in [2.24, 2.45) is 11.8 Å². The Bertz CT molecular complexity index is 1410. The molecule has 8 atom stereocenters. The van der Waals surface area contributed by atoms with E-state index in [1.807, 2.05) is 69.4 Å². The molecule has 2 rings (SSSR count). The summed E-state index contributed by atoms with van der Waals surface area (Å²) in [6.07, 6.45) is 14.2. The van der Waals surface area contributed by atoms with Crippen LogP contribution in [0.3, 0.4) is 0 Å². The van der Waals surface area contributed by atoms with Crippen molar-refractivity contribution in [1.82, 2.24) is 26.6 Å². The third-order valence-electron chi connectivity index (χ3n) is 15.1. The van der Waals surface area contributed by atoms with Crippen molar-refractivity contribution >= 4 is 26.3 Å². The van der Waals surface area contributed by atoms with Crippen molar-refractivity contribution in [1.29, 1.82) is 0 Å². The zero-order valence-corrected chi connectivity index (χ0v) is 44.7. The second-order valence-electron chi connectivity index (χ2n) is 22.1. The highest BCUT2D eigenvalue weighted by atomic mass is 31.1. The maximum atomic E-state index is 14.6. The Balaban J connectivity index is 3.02. The van der Waals surface area contributed by atoms with E-state index >= 15 is 0 Å². The van der Waals surface area contributed by atoms with Crippen LogP contribution in [0.25, 0.3) is 0 Å². The fraction of sp³-hybridized carbons (Fsp3) is 0.941. The maximum Gasteiger partial charge on any atom is 0.223 e. The molecular formula is C51H100N5O6P. The molecule has 0 radical (unpaired) electrons. The first-order chi connectivity index (χ1) is 29.3. The summed E-state index contributed by atoms with van der Waals surface area (Å²) in [5.74, 6) is 0.630. The van der Waals surface area contributed by atoms with Crippen LogP contribution in [0.15, 0.2) is 0 Å². The van der Waals surface area contributed by atoms with Gasteiger partial charge in [0.25, 0.3) is 0 Å². The molecule has 370 valence electrons. The number of hydrogen-bond donors (Lipinski definition) is 5. The Hall–Kier alpha value is -1.36. The molecule has 2 saturated heterocycles. The second-order valence-corrected chi connectivity index (χ2v) is 24.2. The molecule has 0 spiro atoms. The van der Waals surface area contributed by atoms with Crippen LogP contribution in [0.5, 0.6) is 0 Å². The lowest BCUT2D eigenvalue weighted by atomic mass is 9.64. The minimum atomic E-state index is -0.602. The molecule has 5 N–H and O–H groups in total. The van der Waals surface area contributed by atoms with Crippen LogP contribution in [0.1, 0.15) is 213 Å². The van der Waals surface area contributed by atoms with Gasteiger partial charge in [-0.05, 0) is 173 Å². The van der Waals surface area contributed by atoms with E-state index in [1.165, 1.54) is 0 Å². The summed E-state index contributed by atoms with van der Waals surface area (Å²) in [5, 5.41) is 17.7. The van der Waals surface area contributed by atoms with Gasteiger partial charge >= 0.3 is 0 Å². The highest BCUT2D eigenvalue weighted by molar-refractivity contribution is 7.42. The summed E-state index contributed by atoms with van der Waals surface area (Å²) in [7, 11) is 2.44. The smallest absolute Gasteiger partial charge is 0.223 e. The number of amides is 3. The van der Waals surface area contributed by atoms with Gasteiger partial charge < -0.3 is 40.8 Å². The zero-order chi connectivity index (χ0) is 47.8. The molecule has 11 nitrogen and oxygen atoms in total. The molecule has 2 aliphatic rings. The summed E-state index contributed by atoms with van der Waals surface area (Å²) >= 11 is 0. The van der Waals surface area contributed by atoms with Gasteiger partial charge in [-0.2, -0.15) is 0 Å². The number of carbonyl (C=O) groups excluding carboxylic acids is 3. The van der Waals surface area contributed by atoms with Crippen molar-refractivity contribution in [2.45, 2.75) is 257 Å². The van der Waals surface area contributed by atoms with E-state index in [4.69, 9.17) is 14.2 Å². The number of unbranched alkanes of at least 4 members (excludes halogenated alkanes) is 1. The zero-order valence-electron chi connectivity index (χ0n) is 43.7. The van der Waals surface area contributed by atoms with Gasteiger partial charge in [0, 0.05) is 53.4 Å². The molecule has 2 bridgehead atoms. The monoisotopic (exact) mass is 910 g/mol. The van der Waals surface area contributed by atoms with E-state index in [9.17, 15) is 14.4 Å². The predicted molar refractivity (Wildman–Crippen MR) is 265 cm³/mol. The molecular weight excluding hydrogens is 810 g/mol. The second kappa shape index (κ2) is 25.1. The van der Waals surface area contributed by atoms with Crippen molar-refractivity contribution in [3.8, 4) is 0 Å². The summed E-state index contributed by atoms with van der Waals surface area (Å²) < 4.78 is 18.2. The van der Waals surface area contributed by atoms with Crippen LogP contribution >= 0.6 is 8.58 Å². The highest BCUT2D eigenvalue weighted by Crippen LogP contribution is 2.67. The molecule has 0 aromatic rings. The summed E-state index contributed by atoms with van der Waals surface area (Å²) in [6.45, 7) is 35.0. The van der Waals surface area contributed by atoms with E-state index in [0.717, 1.165) is 103 Å². The van der Waals surface area contributed by atoms with Crippen molar-refractivity contribution in [3.05, 3.63) is 0 Å². The summed E-state index contributed by atoms with van der Waals surface area (Å²) in [5.41, 5.74) is -3.32.